The van der Waals surface area contributed by atoms with Crippen molar-refractivity contribution in [1.82, 2.24) is 14.9 Å². The summed E-state index contributed by atoms with van der Waals surface area (Å²) < 4.78 is 6.31. The van der Waals surface area contributed by atoms with E-state index in [-0.39, 0.29) is 5.91 Å². The molecule has 1 amide bonds. The number of nitrogens with zero attached hydrogens (tertiary/aromatic N) is 3. The van der Waals surface area contributed by atoms with Crippen molar-refractivity contribution in [2.45, 2.75) is 13.8 Å². The number of halogens is 1. The molecule has 1 saturated heterocycles. The molecule has 0 spiro atoms. The van der Waals surface area contributed by atoms with Gasteiger partial charge in [-0.3, -0.25) is 4.79 Å². The number of hydrogen-bond acceptors (Lipinski definition) is 5. The lowest BCUT2D eigenvalue weighted by Crippen LogP contribution is -2.41. The number of aromatic nitrogens is 2. The minimum atomic E-state index is -0.0839. The van der Waals surface area contributed by atoms with Crippen LogP contribution < -0.4 is 5.32 Å². The Balaban J connectivity index is 1.84. The maximum atomic E-state index is 12.6. The number of nitrogens with one attached hydrogen (secondary N) is 1. The van der Waals surface area contributed by atoms with Crippen molar-refractivity contribution in [1.29, 1.82) is 0 Å². The summed E-state index contributed by atoms with van der Waals surface area (Å²) in [5, 5.41) is 3.20. The summed E-state index contributed by atoms with van der Waals surface area (Å²) in [5.74, 6) is 0.344. The normalized spacial score (nSPS) is 14.5. The zero-order valence-corrected chi connectivity index (χ0v) is 15.3. The van der Waals surface area contributed by atoms with E-state index in [2.05, 4.69) is 31.2 Å². The number of morpholine rings is 1. The van der Waals surface area contributed by atoms with E-state index in [9.17, 15) is 4.79 Å². The molecule has 2 aromatic rings. The van der Waals surface area contributed by atoms with Crippen molar-refractivity contribution in [3.05, 3.63) is 45.7 Å². The first-order chi connectivity index (χ1) is 11.5. The summed E-state index contributed by atoms with van der Waals surface area (Å²) in [7, 11) is 0. The van der Waals surface area contributed by atoms with Gasteiger partial charge < -0.3 is 15.0 Å². The Morgan fingerprint density at radius 2 is 1.96 bits per heavy atom. The van der Waals surface area contributed by atoms with Crippen LogP contribution in [0.15, 0.2) is 28.7 Å². The van der Waals surface area contributed by atoms with Gasteiger partial charge in [0.2, 0.25) is 5.95 Å². The fourth-order valence-electron chi connectivity index (χ4n) is 2.55. The van der Waals surface area contributed by atoms with Gasteiger partial charge in [-0.1, -0.05) is 15.9 Å². The van der Waals surface area contributed by atoms with E-state index in [1.54, 1.807) is 11.0 Å². The Hall–Kier alpha value is -1.99. The summed E-state index contributed by atoms with van der Waals surface area (Å²) in [6.07, 6.45) is 0. The van der Waals surface area contributed by atoms with E-state index in [1.165, 1.54) is 0 Å². The third-order valence-electron chi connectivity index (χ3n) is 3.81. The molecule has 6 nitrogen and oxygen atoms in total. The molecule has 2 heterocycles. The van der Waals surface area contributed by atoms with Crippen LogP contribution in [0.2, 0.25) is 0 Å². The van der Waals surface area contributed by atoms with Gasteiger partial charge in [-0.05, 0) is 43.7 Å². The first-order valence-electron chi connectivity index (χ1n) is 7.79. The van der Waals surface area contributed by atoms with Crippen LogP contribution in [0.25, 0.3) is 0 Å². The van der Waals surface area contributed by atoms with Crippen LogP contribution in [-0.4, -0.2) is 47.1 Å². The van der Waals surface area contributed by atoms with Gasteiger partial charge in [-0.15, -0.1) is 0 Å². The lowest BCUT2D eigenvalue weighted by Gasteiger charge is -2.26. The minimum absolute atomic E-state index is 0.0839. The van der Waals surface area contributed by atoms with E-state index in [4.69, 9.17) is 4.74 Å². The van der Waals surface area contributed by atoms with Gasteiger partial charge in [0.1, 0.15) is 5.69 Å². The van der Waals surface area contributed by atoms with Gasteiger partial charge in [0.25, 0.3) is 5.91 Å². The number of carbonyl (C=O) groups is 1. The molecule has 1 aliphatic rings. The number of hydrogen-bond donors (Lipinski definition) is 1. The standard InChI is InChI=1S/C17H19BrN4O2/c1-11-9-13(18)3-4-14(11)20-17-19-12(2)10-15(21-17)16(23)22-5-7-24-8-6-22/h3-4,9-10H,5-8H2,1-2H3,(H,19,20,21). The third-order valence-corrected chi connectivity index (χ3v) is 4.30. The van der Waals surface area contributed by atoms with Gasteiger partial charge >= 0.3 is 0 Å². The number of amides is 1. The van der Waals surface area contributed by atoms with E-state index >= 15 is 0 Å². The molecule has 1 aromatic heterocycles. The fraction of sp³-hybridized carbons (Fsp3) is 0.353. The highest BCUT2D eigenvalue weighted by atomic mass is 79.9. The predicted octanol–water partition coefficient (Wildman–Crippen LogP) is 3.07. The van der Waals surface area contributed by atoms with Crippen LogP contribution in [0.4, 0.5) is 11.6 Å². The molecule has 0 aliphatic carbocycles. The topological polar surface area (TPSA) is 67.4 Å². The third kappa shape index (κ3) is 3.91. The molecule has 0 atom stereocenters. The summed E-state index contributed by atoms with van der Waals surface area (Å²) in [6, 6.07) is 7.63. The van der Waals surface area contributed by atoms with E-state index < -0.39 is 0 Å². The number of carbonyl (C=O) groups excluding carboxylic acids is 1. The molecular weight excluding hydrogens is 372 g/mol. The number of aryl methyl sites for hydroxylation is 2. The van der Waals surface area contributed by atoms with Crippen molar-refractivity contribution in [2.75, 3.05) is 31.6 Å². The highest BCUT2D eigenvalue weighted by Crippen LogP contribution is 2.22. The first-order valence-corrected chi connectivity index (χ1v) is 8.58. The van der Waals surface area contributed by atoms with E-state index in [1.807, 2.05) is 32.0 Å². The van der Waals surface area contributed by atoms with Crippen LogP contribution in [0.3, 0.4) is 0 Å². The second kappa shape index (κ2) is 7.27. The van der Waals surface area contributed by atoms with Gasteiger partial charge in [0, 0.05) is 28.9 Å². The maximum absolute atomic E-state index is 12.6. The van der Waals surface area contributed by atoms with Crippen molar-refractivity contribution < 1.29 is 9.53 Å². The monoisotopic (exact) mass is 390 g/mol. The zero-order chi connectivity index (χ0) is 17.1. The van der Waals surface area contributed by atoms with Gasteiger partial charge in [-0.2, -0.15) is 0 Å². The van der Waals surface area contributed by atoms with Crippen LogP contribution in [0.5, 0.6) is 0 Å². The molecule has 24 heavy (non-hydrogen) atoms. The second-order valence-corrected chi connectivity index (χ2v) is 6.62. The lowest BCUT2D eigenvalue weighted by atomic mass is 10.2. The number of anilines is 2. The Morgan fingerprint density at radius 1 is 1.21 bits per heavy atom. The molecule has 1 N–H and O–H groups in total. The van der Waals surface area contributed by atoms with Crippen molar-refractivity contribution in [3.63, 3.8) is 0 Å². The number of ether oxygens (including phenoxy) is 1. The molecule has 1 aromatic carbocycles. The highest BCUT2D eigenvalue weighted by molar-refractivity contribution is 9.10. The zero-order valence-electron chi connectivity index (χ0n) is 13.7. The fourth-order valence-corrected chi connectivity index (χ4v) is 3.03. The van der Waals surface area contributed by atoms with Crippen LogP contribution in [0.1, 0.15) is 21.7 Å². The van der Waals surface area contributed by atoms with E-state index in [0.717, 1.165) is 21.4 Å². The Morgan fingerprint density at radius 3 is 2.67 bits per heavy atom. The molecule has 0 bridgehead atoms. The SMILES string of the molecule is Cc1cc(C(=O)N2CCOCC2)nc(Nc2ccc(Br)cc2C)n1. The summed E-state index contributed by atoms with van der Waals surface area (Å²) in [4.78, 5) is 23.2. The van der Waals surface area contributed by atoms with Crippen molar-refractivity contribution in [3.8, 4) is 0 Å². The quantitative estimate of drug-likeness (QED) is 0.871. The van der Waals surface area contributed by atoms with Crippen molar-refractivity contribution >= 4 is 33.5 Å². The smallest absolute Gasteiger partial charge is 0.272 e. The van der Waals surface area contributed by atoms with Gasteiger partial charge in [0.05, 0.1) is 13.2 Å². The van der Waals surface area contributed by atoms with Crippen LogP contribution in [0, 0.1) is 13.8 Å². The van der Waals surface area contributed by atoms with Crippen LogP contribution in [-0.2, 0) is 4.74 Å². The maximum Gasteiger partial charge on any atom is 0.272 e. The largest absolute Gasteiger partial charge is 0.378 e. The highest BCUT2D eigenvalue weighted by Gasteiger charge is 2.20. The van der Waals surface area contributed by atoms with Crippen LogP contribution >= 0.6 is 15.9 Å². The Bertz CT molecular complexity index is 760. The average molecular weight is 391 g/mol. The summed E-state index contributed by atoms with van der Waals surface area (Å²) in [6.45, 7) is 6.19. The molecule has 1 aliphatic heterocycles. The Kier molecular flexibility index (Phi) is 5.11. The summed E-state index contributed by atoms with van der Waals surface area (Å²) in [5.41, 5.74) is 3.13. The van der Waals surface area contributed by atoms with Gasteiger partial charge in [0.15, 0.2) is 0 Å². The molecule has 0 unspecified atom stereocenters. The molecule has 0 radical (unpaired) electrons. The minimum Gasteiger partial charge on any atom is -0.378 e. The number of rotatable bonds is 3. The van der Waals surface area contributed by atoms with E-state index in [0.29, 0.717) is 37.9 Å². The molecule has 3 rings (SSSR count). The molecule has 7 heteroatoms. The summed E-state index contributed by atoms with van der Waals surface area (Å²) >= 11 is 3.45. The molecule has 0 saturated carbocycles. The lowest BCUT2D eigenvalue weighted by molar-refractivity contribution is 0.0299. The first kappa shape index (κ1) is 16.9. The average Bonchev–Trinajstić information content (AvgIpc) is 2.57. The van der Waals surface area contributed by atoms with Gasteiger partial charge in [-0.25, -0.2) is 9.97 Å². The molecule has 1 fully saturated rings. The predicted molar refractivity (Wildman–Crippen MR) is 95.7 cm³/mol. The van der Waals surface area contributed by atoms with Crippen molar-refractivity contribution in [2.24, 2.45) is 0 Å². The molecular formula is C17H19BrN4O2. The second-order valence-electron chi connectivity index (χ2n) is 5.71. The Labute approximate surface area is 149 Å². The molecule has 126 valence electrons. The number of benzene rings is 1.